The summed E-state index contributed by atoms with van der Waals surface area (Å²) >= 11 is 2.87. The number of methoxy groups -OCH3 is 1. The summed E-state index contributed by atoms with van der Waals surface area (Å²) < 4.78 is 29.9. The van der Waals surface area contributed by atoms with Gasteiger partial charge in [0, 0.05) is 0 Å². The molecule has 0 spiro atoms. The maximum Gasteiger partial charge on any atom is 0.334 e. The highest BCUT2D eigenvalue weighted by Gasteiger charge is 2.23. The molecule has 0 heterocycles. The van der Waals surface area contributed by atoms with Crippen LogP contribution in [0.2, 0.25) is 0 Å². The third-order valence-corrected chi connectivity index (χ3v) is 4.06. The van der Waals surface area contributed by atoms with Crippen LogP contribution in [-0.4, -0.2) is 26.4 Å². The maximum atomic E-state index is 11.7. The van der Waals surface area contributed by atoms with E-state index >= 15 is 0 Å². The molecule has 1 aromatic carbocycles. The van der Waals surface area contributed by atoms with Crippen LogP contribution in [0, 0.1) is 0 Å². The number of nitrogens with one attached hydrogen (secondary N) is 1. The second-order valence-corrected chi connectivity index (χ2v) is 5.45. The summed E-state index contributed by atoms with van der Waals surface area (Å²) in [6.45, 7) is 0. The average molecular weight is 308 g/mol. The molecule has 0 radical (unpaired) electrons. The molecule has 0 aliphatic rings. The molecule has 0 aromatic heterocycles. The SMILES string of the molecule is COC(=O)C(Br)NS(=O)(=O)c1ccccc1. The predicted octanol–water partition coefficient (Wildman–Crippen LogP) is 0.859. The molecule has 0 aliphatic heterocycles. The fraction of sp³-hybridized carbons (Fsp3) is 0.222. The van der Waals surface area contributed by atoms with Gasteiger partial charge >= 0.3 is 5.97 Å². The van der Waals surface area contributed by atoms with Crippen LogP contribution in [0.1, 0.15) is 0 Å². The minimum absolute atomic E-state index is 0.0864. The zero-order valence-corrected chi connectivity index (χ0v) is 10.8. The smallest absolute Gasteiger partial charge is 0.334 e. The van der Waals surface area contributed by atoms with Crippen molar-refractivity contribution in [3.05, 3.63) is 30.3 Å². The third-order valence-electron chi connectivity index (χ3n) is 1.72. The fourth-order valence-corrected chi connectivity index (χ4v) is 2.90. The van der Waals surface area contributed by atoms with E-state index < -0.39 is 20.9 Å². The lowest BCUT2D eigenvalue weighted by atomic mass is 10.4. The molecule has 1 N–H and O–H groups in total. The molecule has 88 valence electrons. The Morgan fingerprint density at radius 3 is 2.44 bits per heavy atom. The number of alkyl halides is 1. The number of benzene rings is 1. The first kappa shape index (κ1) is 13.1. The highest BCUT2D eigenvalue weighted by molar-refractivity contribution is 9.10. The number of halogens is 1. The van der Waals surface area contributed by atoms with Gasteiger partial charge in [-0.2, -0.15) is 4.72 Å². The number of carbonyl (C=O) groups is 1. The standard InChI is InChI=1S/C9H10BrNO4S/c1-15-9(12)8(10)11-16(13,14)7-5-3-2-4-6-7/h2-6,8,11H,1H3. The third kappa shape index (κ3) is 3.29. The summed E-state index contributed by atoms with van der Waals surface area (Å²) in [5, 5.41) is 0. The van der Waals surface area contributed by atoms with Crippen LogP contribution in [0.5, 0.6) is 0 Å². The summed E-state index contributed by atoms with van der Waals surface area (Å²) in [6.07, 6.45) is 0. The zero-order valence-electron chi connectivity index (χ0n) is 8.38. The Balaban J connectivity index is 2.85. The van der Waals surface area contributed by atoms with E-state index in [0.717, 1.165) is 0 Å². The van der Waals surface area contributed by atoms with Crippen molar-refractivity contribution >= 4 is 31.9 Å². The lowest BCUT2D eigenvalue weighted by Crippen LogP contribution is -2.36. The largest absolute Gasteiger partial charge is 0.467 e. The zero-order chi connectivity index (χ0) is 12.2. The Kier molecular flexibility index (Phi) is 4.45. The van der Waals surface area contributed by atoms with E-state index in [-0.39, 0.29) is 4.90 Å². The number of hydrogen-bond donors (Lipinski definition) is 1. The van der Waals surface area contributed by atoms with Gasteiger partial charge in [0.2, 0.25) is 10.0 Å². The summed E-state index contributed by atoms with van der Waals surface area (Å²) in [5.41, 5.74) is 0. The summed E-state index contributed by atoms with van der Waals surface area (Å²) in [7, 11) is -2.54. The van der Waals surface area contributed by atoms with Gasteiger partial charge in [-0.15, -0.1) is 0 Å². The van der Waals surface area contributed by atoms with Crippen molar-refractivity contribution in [3.63, 3.8) is 0 Å². The molecule has 5 nitrogen and oxygen atoms in total. The average Bonchev–Trinajstić information content (AvgIpc) is 2.28. The van der Waals surface area contributed by atoms with Crippen LogP contribution in [0.3, 0.4) is 0 Å². The second kappa shape index (κ2) is 5.42. The minimum Gasteiger partial charge on any atom is -0.467 e. The molecule has 1 aromatic rings. The van der Waals surface area contributed by atoms with Gasteiger partial charge in [0.25, 0.3) is 0 Å². The van der Waals surface area contributed by atoms with Crippen molar-refractivity contribution in [2.24, 2.45) is 0 Å². The Hall–Kier alpha value is -0.920. The second-order valence-electron chi connectivity index (χ2n) is 2.82. The van der Waals surface area contributed by atoms with Gasteiger partial charge in [-0.25, -0.2) is 13.2 Å². The number of rotatable bonds is 4. The number of ether oxygens (including phenoxy) is 1. The van der Waals surface area contributed by atoms with Crippen LogP contribution in [0.25, 0.3) is 0 Å². The van der Waals surface area contributed by atoms with Crippen molar-refractivity contribution in [1.29, 1.82) is 0 Å². The molecule has 1 atom stereocenters. The van der Waals surface area contributed by atoms with Crippen molar-refractivity contribution in [2.75, 3.05) is 7.11 Å². The Labute approximate surface area is 102 Å². The van der Waals surface area contributed by atoms with Crippen LogP contribution in [0.15, 0.2) is 35.2 Å². The van der Waals surface area contributed by atoms with Gasteiger partial charge in [0.1, 0.15) is 0 Å². The van der Waals surface area contributed by atoms with E-state index in [1.54, 1.807) is 18.2 Å². The van der Waals surface area contributed by atoms with Crippen LogP contribution >= 0.6 is 15.9 Å². The molecule has 16 heavy (non-hydrogen) atoms. The first-order valence-electron chi connectivity index (χ1n) is 4.26. The first-order valence-corrected chi connectivity index (χ1v) is 6.66. The van der Waals surface area contributed by atoms with E-state index in [1.807, 2.05) is 0 Å². The molecule has 0 aliphatic carbocycles. The summed E-state index contributed by atoms with van der Waals surface area (Å²) in [5.74, 6) is -0.709. The van der Waals surface area contributed by atoms with Gasteiger partial charge in [-0.3, -0.25) is 0 Å². The summed E-state index contributed by atoms with van der Waals surface area (Å²) in [4.78, 5) is 10.0. The highest BCUT2D eigenvalue weighted by atomic mass is 79.9. The topological polar surface area (TPSA) is 72.5 Å². The Morgan fingerprint density at radius 1 is 1.38 bits per heavy atom. The Morgan fingerprint density at radius 2 is 1.94 bits per heavy atom. The molecule has 1 unspecified atom stereocenters. The highest BCUT2D eigenvalue weighted by Crippen LogP contribution is 2.10. The number of hydrogen-bond acceptors (Lipinski definition) is 4. The van der Waals surface area contributed by atoms with Gasteiger partial charge in [0.15, 0.2) is 4.95 Å². The molecule has 0 saturated carbocycles. The van der Waals surface area contributed by atoms with E-state index in [2.05, 4.69) is 25.4 Å². The van der Waals surface area contributed by atoms with Gasteiger partial charge in [0.05, 0.1) is 12.0 Å². The molecule has 1 rings (SSSR count). The lowest BCUT2D eigenvalue weighted by molar-refractivity contribution is -0.140. The van der Waals surface area contributed by atoms with E-state index in [0.29, 0.717) is 0 Å². The van der Waals surface area contributed by atoms with Gasteiger partial charge in [-0.05, 0) is 12.1 Å². The quantitative estimate of drug-likeness (QED) is 0.509. The molecule has 0 bridgehead atoms. The number of carbonyl (C=O) groups excluding carboxylic acids is 1. The normalized spacial score (nSPS) is 13.1. The molecular formula is C9H10BrNO4S. The first-order chi connectivity index (χ1) is 7.47. The Bertz CT molecular complexity index is 460. The van der Waals surface area contributed by atoms with Crippen LogP contribution in [0.4, 0.5) is 0 Å². The predicted molar refractivity (Wildman–Crippen MR) is 61.5 cm³/mol. The molecule has 0 saturated heterocycles. The monoisotopic (exact) mass is 307 g/mol. The van der Waals surface area contributed by atoms with E-state index in [1.165, 1.54) is 19.2 Å². The van der Waals surface area contributed by atoms with Crippen molar-refractivity contribution in [2.45, 2.75) is 9.85 Å². The van der Waals surface area contributed by atoms with Gasteiger partial charge in [-0.1, -0.05) is 34.1 Å². The molecule has 0 amide bonds. The maximum absolute atomic E-state index is 11.7. The van der Waals surface area contributed by atoms with E-state index in [9.17, 15) is 13.2 Å². The molecular weight excluding hydrogens is 298 g/mol. The van der Waals surface area contributed by atoms with Gasteiger partial charge < -0.3 is 4.74 Å². The minimum atomic E-state index is -3.71. The summed E-state index contributed by atoms with van der Waals surface area (Å²) in [6, 6.07) is 7.75. The number of sulfonamides is 1. The number of esters is 1. The molecule has 0 fully saturated rings. The lowest BCUT2D eigenvalue weighted by Gasteiger charge is -2.10. The van der Waals surface area contributed by atoms with E-state index in [4.69, 9.17) is 0 Å². The van der Waals surface area contributed by atoms with Crippen molar-refractivity contribution in [1.82, 2.24) is 4.72 Å². The fourth-order valence-electron chi connectivity index (χ4n) is 0.955. The molecule has 7 heteroatoms. The van der Waals surface area contributed by atoms with Crippen LogP contribution in [-0.2, 0) is 19.6 Å². The van der Waals surface area contributed by atoms with Crippen molar-refractivity contribution in [3.8, 4) is 0 Å². The van der Waals surface area contributed by atoms with Crippen molar-refractivity contribution < 1.29 is 17.9 Å². The van der Waals surface area contributed by atoms with Crippen LogP contribution < -0.4 is 4.72 Å².